The molecule has 0 aromatic carbocycles. The highest BCUT2D eigenvalue weighted by Gasteiger charge is 2.00. The lowest BCUT2D eigenvalue weighted by Crippen LogP contribution is -1.90. The van der Waals surface area contributed by atoms with Gasteiger partial charge in [-0.2, -0.15) is 0 Å². The Balaban J connectivity index is 2.76. The van der Waals surface area contributed by atoms with E-state index in [1.165, 1.54) is 18.3 Å². The van der Waals surface area contributed by atoms with Crippen LogP contribution in [0, 0.1) is 0 Å². The second-order valence-electron chi connectivity index (χ2n) is 2.39. The quantitative estimate of drug-likeness (QED) is 0.642. The second kappa shape index (κ2) is 4.93. The van der Waals surface area contributed by atoms with E-state index in [4.69, 9.17) is 28.3 Å². The first kappa shape index (κ1) is 10.9. The summed E-state index contributed by atoms with van der Waals surface area (Å²) in [5.74, 6) is -0.910. The third-order valence-electron chi connectivity index (χ3n) is 1.33. The minimum absolute atomic E-state index is 0.0605. The smallest absolute Gasteiger partial charge is 0.307 e. The maximum Gasteiger partial charge on any atom is 0.307 e. The molecule has 0 bridgehead atoms. The van der Waals surface area contributed by atoms with Crippen LogP contribution in [0.15, 0.2) is 12.3 Å². The van der Waals surface area contributed by atoms with E-state index >= 15 is 0 Å². The third-order valence-corrected chi connectivity index (χ3v) is 1.81. The third kappa shape index (κ3) is 3.32. The van der Waals surface area contributed by atoms with E-state index in [2.05, 4.69) is 9.97 Å². The number of aliphatic carboxylic acids is 1. The van der Waals surface area contributed by atoms with Crippen molar-refractivity contribution in [1.29, 1.82) is 0 Å². The molecule has 1 aromatic rings. The van der Waals surface area contributed by atoms with Gasteiger partial charge in [-0.3, -0.25) is 4.79 Å². The highest BCUT2D eigenvalue weighted by atomic mass is 35.5. The molecule has 0 atom stereocenters. The van der Waals surface area contributed by atoms with Crippen LogP contribution < -0.4 is 0 Å². The molecule has 1 heterocycles. The van der Waals surface area contributed by atoms with E-state index in [1.54, 1.807) is 0 Å². The van der Waals surface area contributed by atoms with E-state index in [0.717, 1.165) is 0 Å². The van der Waals surface area contributed by atoms with E-state index in [-0.39, 0.29) is 16.9 Å². The van der Waals surface area contributed by atoms with E-state index in [1.807, 2.05) is 0 Å². The average molecular weight is 233 g/mol. The minimum Gasteiger partial charge on any atom is -0.481 e. The molecule has 1 aromatic heterocycles. The van der Waals surface area contributed by atoms with Gasteiger partial charge in [-0.1, -0.05) is 23.8 Å². The Morgan fingerprint density at radius 2 is 2.29 bits per heavy atom. The van der Waals surface area contributed by atoms with E-state index < -0.39 is 5.97 Å². The van der Waals surface area contributed by atoms with Crippen molar-refractivity contribution in [3.8, 4) is 0 Å². The monoisotopic (exact) mass is 232 g/mol. The molecule has 0 aliphatic heterocycles. The van der Waals surface area contributed by atoms with Crippen LogP contribution in [0.25, 0.3) is 6.08 Å². The molecule has 0 unspecified atom stereocenters. The molecule has 0 aliphatic rings. The molecule has 6 heteroatoms. The molecule has 0 saturated carbocycles. The van der Waals surface area contributed by atoms with Gasteiger partial charge < -0.3 is 5.11 Å². The number of hydrogen-bond donors (Lipinski definition) is 1. The number of aromatic nitrogens is 2. The first-order valence-electron chi connectivity index (χ1n) is 3.66. The van der Waals surface area contributed by atoms with Crippen LogP contribution in [0.1, 0.15) is 12.0 Å². The Morgan fingerprint density at radius 1 is 1.57 bits per heavy atom. The highest BCUT2D eigenvalue weighted by Crippen LogP contribution is 2.15. The number of carboxylic acid groups (broad SMARTS) is 1. The van der Waals surface area contributed by atoms with Crippen LogP contribution in [0.5, 0.6) is 0 Å². The standard InChI is InChI=1S/C8H6Cl2N2O2/c9-7-5(2-1-3-6(13)14)4-11-8(10)12-7/h1-2,4H,3H2,(H,13,14). The predicted molar refractivity (Wildman–Crippen MR) is 53.3 cm³/mol. The zero-order chi connectivity index (χ0) is 10.6. The molecule has 0 fully saturated rings. The van der Waals surface area contributed by atoms with Crippen LogP contribution >= 0.6 is 23.2 Å². The number of hydrogen-bond acceptors (Lipinski definition) is 3. The molecule has 0 saturated heterocycles. The van der Waals surface area contributed by atoms with Crippen LogP contribution in [0.2, 0.25) is 10.4 Å². The maximum atomic E-state index is 10.2. The van der Waals surface area contributed by atoms with Crippen molar-refractivity contribution in [2.24, 2.45) is 0 Å². The summed E-state index contributed by atoms with van der Waals surface area (Å²) < 4.78 is 0. The molecule has 0 radical (unpaired) electrons. The summed E-state index contributed by atoms with van der Waals surface area (Å²) in [5.41, 5.74) is 0.539. The van der Waals surface area contributed by atoms with Crippen LogP contribution in [0.3, 0.4) is 0 Å². The van der Waals surface area contributed by atoms with Crippen LogP contribution in [-0.2, 0) is 4.79 Å². The molecule has 74 valence electrons. The fourth-order valence-electron chi connectivity index (χ4n) is 0.749. The summed E-state index contributed by atoms with van der Waals surface area (Å²) in [6.07, 6.45) is 4.35. The molecule has 14 heavy (non-hydrogen) atoms. The Hall–Kier alpha value is -1.13. The number of carbonyl (C=O) groups is 1. The molecular formula is C8H6Cl2N2O2. The molecule has 1 rings (SSSR count). The lowest BCUT2D eigenvalue weighted by Gasteiger charge is -1.95. The lowest BCUT2D eigenvalue weighted by molar-refractivity contribution is -0.135. The summed E-state index contributed by atoms with van der Waals surface area (Å²) in [7, 11) is 0. The van der Waals surface area contributed by atoms with Gasteiger partial charge in [0.05, 0.1) is 6.42 Å². The van der Waals surface area contributed by atoms with Gasteiger partial charge in [-0.25, -0.2) is 9.97 Å². The summed E-state index contributed by atoms with van der Waals surface area (Å²) in [5, 5.41) is 8.63. The number of halogens is 2. The second-order valence-corrected chi connectivity index (χ2v) is 3.08. The Labute approximate surface area is 90.2 Å². The molecule has 1 N–H and O–H groups in total. The fraction of sp³-hybridized carbons (Fsp3) is 0.125. The first-order valence-corrected chi connectivity index (χ1v) is 4.41. The van der Waals surface area contributed by atoms with Gasteiger partial charge in [0, 0.05) is 11.8 Å². The highest BCUT2D eigenvalue weighted by molar-refractivity contribution is 6.32. The first-order chi connectivity index (χ1) is 6.59. The summed E-state index contributed by atoms with van der Waals surface area (Å²) in [4.78, 5) is 17.6. The van der Waals surface area contributed by atoms with Gasteiger partial charge in [-0.05, 0) is 11.6 Å². The van der Waals surface area contributed by atoms with E-state index in [9.17, 15) is 4.79 Å². The summed E-state index contributed by atoms with van der Waals surface area (Å²) in [6, 6.07) is 0. The molecule has 0 aliphatic carbocycles. The Morgan fingerprint density at radius 3 is 2.86 bits per heavy atom. The van der Waals surface area contributed by atoms with Crippen molar-refractivity contribution in [2.75, 3.05) is 0 Å². The van der Waals surface area contributed by atoms with Gasteiger partial charge >= 0.3 is 5.97 Å². The SMILES string of the molecule is O=C(O)CC=Cc1cnc(Cl)nc1Cl. The average Bonchev–Trinajstić information content (AvgIpc) is 2.08. The van der Waals surface area contributed by atoms with Gasteiger partial charge in [0.1, 0.15) is 5.15 Å². The van der Waals surface area contributed by atoms with Gasteiger partial charge in [0.15, 0.2) is 0 Å². The summed E-state index contributed by atoms with van der Waals surface area (Å²) >= 11 is 11.2. The lowest BCUT2D eigenvalue weighted by atomic mass is 10.3. The van der Waals surface area contributed by atoms with Crippen molar-refractivity contribution < 1.29 is 9.90 Å². The minimum atomic E-state index is -0.910. The molecule has 0 spiro atoms. The van der Waals surface area contributed by atoms with Crippen LogP contribution in [-0.4, -0.2) is 21.0 Å². The Kier molecular flexibility index (Phi) is 3.85. The van der Waals surface area contributed by atoms with Crippen molar-refractivity contribution in [3.05, 3.63) is 28.3 Å². The van der Waals surface area contributed by atoms with Crippen molar-refractivity contribution >= 4 is 35.2 Å². The van der Waals surface area contributed by atoms with Crippen molar-refractivity contribution in [2.45, 2.75) is 6.42 Å². The van der Waals surface area contributed by atoms with Gasteiger partial charge in [0.25, 0.3) is 0 Å². The molecule has 0 amide bonds. The fourth-order valence-corrected chi connectivity index (χ4v) is 1.12. The van der Waals surface area contributed by atoms with Crippen LogP contribution in [0.4, 0.5) is 0 Å². The number of carboxylic acids is 1. The van der Waals surface area contributed by atoms with E-state index in [0.29, 0.717) is 5.56 Å². The van der Waals surface area contributed by atoms with Crippen molar-refractivity contribution in [1.82, 2.24) is 9.97 Å². The normalized spacial score (nSPS) is 10.7. The van der Waals surface area contributed by atoms with Gasteiger partial charge in [0.2, 0.25) is 5.28 Å². The predicted octanol–water partition coefficient (Wildman–Crippen LogP) is 2.27. The topological polar surface area (TPSA) is 63.1 Å². The van der Waals surface area contributed by atoms with Gasteiger partial charge in [-0.15, -0.1) is 0 Å². The molecular weight excluding hydrogens is 227 g/mol. The van der Waals surface area contributed by atoms with Crippen molar-refractivity contribution in [3.63, 3.8) is 0 Å². The zero-order valence-corrected chi connectivity index (χ0v) is 8.46. The summed E-state index contributed by atoms with van der Waals surface area (Å²) in [6.45, 7) is 0. The number of rotatable bonds is 3. The maximum absolute atomic E-state index is 10.2. The zero-order valence-electron chi connectivity index (χ0n) is 6.94. The largest absolute Gasteiger partial charge is 0.481 e. The molecule has 4 nitrogen and oxygen atoms in total. The Bertz CT molecular complexity index is 380. The number of nitrogens with zero attached hydrogens (tertiary/aromatic N) is 2.